The van der Waals surface area contributed by atoms with Gasteiger partial charge < -0.3 is 4.57 Å². The number of nitrogens with one attached hydrogen (secondary N) is 1. The fourth-order valence-corrected chi connectivity index (χ4v) is 4.81. The zero-order valence-corrected chi connectivity index (χ0v) is 20.6. The number of nitrogens with zero attached hydrogens (tertiary/aromatic N) is 2. The van der Waals surface area contributed by atoms with E-state index in [0.717, 1.165) is 27.6 Å². The van der Waals surface area contributed by atoms with Gasteiger partial charge in [0.05, 0.1) is 5.69 Å². The van der Waals surface area contributed by atoms with Crippen molar-refractivity contribution < 1.29 is 9.59 Å². The average molecular weight is 480 g/mol. The molecule has 0 aliphatic carbocycles. The fourth-order valence-electron chi connectivity index (χ4n) is 4.54. The van der Waals surface area contributed by atoms with Crippen molar-refractivity contribution in [3.05, 3.63) is 106 Å². The van der Waals surface area contributed by atoms with E-state index in [1.54, 1.807) is 6.08 Å². The smallest absolute Gasteiger partial charge is 0.270 e. The van der Waals surface area contributed by atoms with Crippen molar-refractivity contribution in [3.63, 3.8) is 0 Å². The first-order valence-electron chi connectivity index (χ1n) is 11.4. The topological polar surface area (TPSA) is 54.3 Å². The summed E-state index contributed by atoms with van der Waals surface area (Å²) in [6, 6.07) is 22.1. The van der Waals surface area contributed by atoms with Crippen LogP contribution >= 0.6 is 12.2 Å². The molecule has 2 amide bonds. The Balaban J connectivity index is 1.59. The van der Waals surface area contributed by atoms with E-state index in [4.69, 9.17) is 12.2 Å². The maximum absolute atomic E-state index is 13.6. The highest BCUT2D eigenvalue weighted by Crippen LogP contribution is 2.29. The number of aromatic nitrogens is 1. The van der Waals surface area contributed by atoms with Crippen molar-refractivity contribution in [3.8, 4) is 0 Å². The quantitative estimate of drug-likeness (QED) is 0.241. The van der Waals surface area contributed by atoms with E-state index in [2.05, 4.69) is 41.1 Å². The van der Waals surface area contributed by atoms with Gasteiger partial charge in [0.2, 0.25) is 0 Å². The number of para-hydroxylation sites is 1. The van der Waals surface area contributed by atoms with Crippen LogP contribution in [-0.2, 0) is 16.1 Å². The zero-order valence-electron chi connectivity index (χ0n) is 19.8. The Bertz CT molecular complexity index is 1550. The molecule has 2 heterocycles. The summed E-state index contributed by atoms with van der Waals surface area (Å²) in [6.07, 6.45) is 3.67. The minimum Gasteiger partial charge on any atom is -0.342 e. The van der Waals surface area contributed by atoms with Crippen LogP contribution in [-0.4, -0.2) is 21.5 Å². The third-order valence-electron chi connectivity index (χ3n) is 6.47. The number of rotatable bonds is 4. The molecule has 35 heavy (non-hydrogen) atoms. The molecule has 5 rings (SSSR count). The van der Waals surface area contributed by atoms with E-state index in [1.807, 2.05) is 62.5 Å². The summed E-state index contributed by atoms with van der Waals surface area (Å²) in [5, 5.41) is 3.76. The van der Waals surface area contributed by atoms with E-state index in [9.17, 15) is 9.59 Å². The SMILES string of the molecule is Cc1cccc(Cn2cc(/C=C3\C(=O)NC(=S)N(c4cccc(C)c4C)C3=O)c3ccccc32)c1. The summed E-state index contributed by atoms with van der Waals surface area (Å²) >= 11 is 5.39. The Morgan fingerprint density at radius 2 is 1.71 bits per heavy atom. The molecule has 6 heteroatoms. The van der Waals surface area contributed by atoms with Gasteiger partial charge in [-0.25, -0.2) is 0 Å². The maximum atomic E-state index is 13.6. The summed E-state index contributed by atoms with van der Waals surface area (Å²) in [5.41, 5.74) is 6.93. The Kier molecular flexibility index (Phi) is 5.83. The first-order chi connectivity index (χ1) is 16.8. The predicted octanol–water partition coefficient (Wildman–Crippen LogP) is 5.45. The minimum atomic E-state index is -0.489. The Morgan fingerprint density at radius 3 is 2.51 bits per heavy atom. The molecular formula is C29H25N3O2S. The normalized spacial score (nSPS) is 15.2. The third kappa shape index (κ3) is 4.17. The van der Waals surface area contributed by atoms with E-state index in [0.29, 0.717) is 12.2 Å². The van der Waals surface area contributed by atoms with Gasteiger partial charge in [-0.15, -0.1) is 0 Å². The molecule has 1 N–H and O–H groups in total. The second-order valence-corrected chi connectivity index (χ2v) is 9.28. The fraction of sp³-hybridized carbons (Fsp3) is 0.138. The number of carbonyl (C=O) groups is 2. The van der Waals surface area contributed by atoms with Crippen LogP contribution in [0.4, 0.5) is 5.69 Å². The Hall–Kier alpha value is -4.03. The van der Waals surface area contributed by atoms with Crippen molar-refractivity contribution >= 4 is 51.8 Å². The van der Waals surface area contributed by atoms with Gasteiger partial charge in [-0.05, 0) is 67.9 Å². The van der Waals surface area contributed by atoms with Crippen molar-refractivity contribution in [1.29, 1.82) is 0 Å². The van der Waals surface area contributed by atoms with E-state index in [-0.39, 0.29) is 10.7 Å². The van der Waals surface area contributed by atoms with Crippen LogP contribution in [0.2, 0.25) is 0 Å². The van der Waals surface area contributed by atoms with Crippen molar-refractivity contribution in [2.75, 3.05) is 4.90 Å². The second kappa shape index (κ2) is 8.96. The van der Waals surface area contributed by atoms with Crippen LogP contribution in [0.3, 0.4) is 0 Å². The summed E-state index contributed by atoms with van der Waals surface area (Å²) < 4.78 is 2.15. The second-order valence-electron chi connectivity index (χ2n) is 8.90. The molecule has 174 valence electrons. The molecule has 0 radical (unpaired) electrons. The first-order valence-corrected chi connectivity index (χ1v) is 11.9. The number of hydrogen-bond donors (Lipinski definition) is 1. The lowest BCUT2D eigenvalue weighted by atomic mass is 10.0. The van der Waals surface area contributed by atoms with Gasteiger partial charge >= 0.3 is 0 Å². The number of hydrogen-bond acceptors (Lipinski definition) is 3. The van der Waals surface area contributed by atoms with E-state index < -0.39 is 11.8 Å². The molecular weight excluding hydrogens is 454 g/mol. The van der Waals surface area contributed by atoms with Crippen LogP contribution in [0.5, 0.6) is 0 Å². The summed E-state index contributed by atoms with van der Waals surface area (Å²) in [6.45, 7) is 6.69. The summed E-state index contributed by atoms with van der Waals surface area (Å²) in [7, 11) is 0. The standard InChI is InChI=1S/C29H25N3O2S/c1-18-8-6-10-21(14-18)16-31-17-22(23-11-4-5-12-26(23)31)15-24-27(33)30-29(35)32(28(24)34)25-13-7-9-19(2)20(25)3/h4-15,17H,16H2,1-3H3,(H,30,33,35)/b24-15+. The number of amides is 2. The van der Waals surface area contributed by atoms with Crippen LogP contribution in [0, 0.1) is 20.8 Å². The highest BCUT2D eigenvalue weighted by Gasteiger charge is 2.35. The van der Waals surface area contributed by atoms with Crippen molar-refractivity contribution in [2.24, 2.45) is 0 Å². The van der Waals surface area contributed by atoms with E-state index >= 15 is 0 Å². The average Bonchev–Trinajstić information content (AvgIpc) is 3.16. The van der Waals surface area contributed by atoms with Crippen molar-refractivity contribution in [1.82, 2.24) is 9.88 Å². The van der Waals surface area contributed by atoms with Gasteiger partial charge in [0.25, 0.3) is 11.8 Å². The molecule has 5 nitrogen and oxygen atoms in total. The number of anilines is 1. The molecule has 1 aromatic heterocycles. The van der Waals surface area contributed by atoms with Gasteiger partial charge in [-0.3, -0.25) is 19.8 Å². The molecule has 1 fully saturated rings. The van der Waals surface area contributed by atoms with Gasteiger partial charge in [-0.1, -0.05) is 60.2 Å². The third-order valence-corrected chi connectivity index (χ3v) is 6.76. The molecule has 0 unspecified atom stereocenters. The van der Waals surface area contributed by atoms with Crippen LogP contribution in [0.15, 0.2) is 78.5 Å². The molecule has 1 aliphatic heterocycles. The molecule has 0 spiro atoms. The molecule has 0 atom stereocenters. The molecule has 3 aromatic carbocycles. The lowest BCUT2D eigenvalue weighted by Gasteiger charge is -2.30. The lowest BCUT2D eigenvalue weighted by molar-refractivity contribution is -0.122. The Morgan fingerprint density at radius 1 is 0.943 bits per heavy atom. The minimum absolute atomic E-state index is 0.0537. The summed E-state index contributed by atoms with van der Waals surface area (Å²) in [4.78, 5) is 27.9. The highest BCUT2D eigenvalue weighted by molar-refractivity contribution is 7.80. The number of thiocarbonyl (C=S) groups is 1. The zero-order chi connectivity index (χ0) is 24.7. The lowest BCUT2D eigenvalue weighted by Crippen LogP contribution is -2.54. The predicted molar refractivity (Wildman–Crippen MR) is 144 cm³/mol. The number of aryl methyl sites for hydroxylation is 2. The molecule has 1 aliphatic rings. The van der Waals surface area contributed by atoms with Crippen LogP contribution < -0.4 is 10.2 Å². The molecule has 0 bridgehead atoms. The van der Waals surface area contributed by atoms with Crippen LogP contribution in [0.1, 0.15) is 27.8 Å². The summed E-state index contributed by atoms with van der Waals surface area (Å²) in [5.74, 6) is -0.917. The number of carbonyl (C=O) groups excluding carboxylic acids is 2. The Labute approximate surface area is 209 Å². The van der Waals surface area contributed by atoms with Crippen LogP contribution in [0.25, 0.3) is 17.0 Å². The number of fused-ring (bicyclic) bond motifs is 1. The highest BCUT2D eigenvalue weighted by atomic mass is 32.1. The van der Waals surface area contributed by atoms with Gasteiger partial charge in [0.1, 0.15) is 5.57 Å². The monoisotopic (exact) mass is 479 g/mol. The first kappa shape index (κ1) is 22.7. The largest absolute Gasteiger partial charge is 0.342 e. The van der Waals surface area contributed by atoms with E-state index in [1.165, 1.54) is 16.0 Å². The van der Waals surface area contributed by atoms with Gasteiger partial charge in [-0.2, -0.15) is 0 Å². The molecule has 1 saturated heterocycles. The van der Waals surface area contributed by atoms with Crippen molar-refractivity contribution in [2.45, 2.75) is 27.3 Å². The van der Waals surface area contributed by atoms with Gasteiger partial charge in [0, 0.05) is 29.2 Å². The van der Waals surface area contributed by atoms with Gasteiger partial charge in [0.15, 0.2) is 5.11 Å². The molecule has 4 aromatic rings. The number of benzene rings is 3. The molecule has 0 saturated carbocycles. The maximum Gasteiger partial charge on any atom is 0.270 e.